The van der Waals surface area contributed by atoms with Crippen molar-refractivity contribution in [2.24, 2.45) is 10.9 Å². The molecule has 0 aromatic heterocycles. The zero-order chi connectivity index (χ0) is 19.4. The number of hydrogen-bond donors (Lipinski definition) is 2. The Kier molecular flexibility index (Phi) is 5.95. The van der Waals surface area contributed by atoms with Gasteiger partial charge in [0.15, 0.2) is 5.92 Å². The molecule has 0 saturated carbocycles. The van der Waals surface area contributed by atoms with Crippen LogP contribution in [-0.2, 0) is 14.3 Å². The molecule has 2 aliphatic heterocycles. The maximum Gasteiger partial charge on any atom is 0.321 e. The molecule has 8 nitrogen and oxygen atoms in total. The third-order valence-corrected chi connectivity index (χ3v) is 5.01. The smallest absolute Gasteiger partial charge is 0.321 e. The lowest BCUT2D eigenvalue weighted by atomic mass is 9.91. The van der Waals surface area contributed by atoms with Crippen molar-refractivity contribution in [3.05, 3.63) is 29.8 Å². The van der Waals surface area contributed by atoms with Crippen molar-refractivity contribution in [2.45, 2.75) is 13.0 Å². The van der Waals surface area contributed by atoms with E-state index in [0.29, 0.717) is 11.7 Å². The molecule has 0 unspecified atom stereocenters. The number of carbonyl (C=O) groups is 2. The van der Waals surface area contributed by atoms with Gasteiger partial charge in [-0.2, -0.15) is 0 Å². The van der Waals surface area contributed by atoms with Crippen molar-refractivity contribution in [1.29, 1.82) is 0 Å². The van der Waals surface area contributed by atoms with E-state index in [1.165, 1.54) is 4.90 Å². The Morgan fingerprint density at radius 2 is 1.96 bits per heavy atom. The van der Waals surface area contributed by atoms with E-state index in [1.54, 1.807) is 26.2 Å². The molecule has 3 rings (SSSR count). The quantitative estimate of drug-likeness (QED) is 0.533. The summed E-state index contributed by atoms with van der Waals surface area (Å²) in [6.45, 7) is 5.51. The first-order valence-corrected chi connectivity index (χ1v) is 9.29. The zero-order valence-corrected chi connectivity index (χ0v) is 16.0. The number of guanidine groups is 1. The average Bonchev–Trinajstić information content (AvgIpc) is 2.68. The van der Waals surface area contributed by atoms with E-state index >= 15 is 0 Å². The molecule has 1 fully saturated rings. The van der Waals surface area contributed by atoms with Crippen molar-refractivity contribution in [3.63, 3.8) is 0 Å². The van der Waals surface area contributed by atoms with Gasteiger partial charge in [0.25, 0.3) is 0 Å². The Hall–Kier alpha value is -2.61. The summed E-state index contributed by atoms with van der Waals surface area (Å²) in [5, 5.41) is 2.81. The molecule has 27 heavy (non-hydrogen) atoms. The van der Waals surface area contributed by atoms with Gasteiger partial charge in [-0.1, -0.05) is 12.1 Å². The molecular weight excluding hydrogens is 348 g/mol. The fourth-order valence-corrected chi connectivity index (χ4v) is 3.37. The number of quaternary nitrogens is 1. The molecule has 2 heterocycles. The largest absolute Gasteiger partial charge is 0.497 e. The summed E-state index contributed by atoms with van der Waals surface area (Å²) in [6.07, 6.45) is 0. The molecule has 2 atom stereocenters. The first kappa shape index (κ1) is 19.2. The monoisotopic (exact) mass is 375 g/mol. The number of benzene rings is 1. The lowest BCUT2D eigenvalue weighted by Crippen LogP contribution is -3.12. The van der Waals surface area contributed by atoms with E-state index in [4.69, 9.17) is 14.5 Å². The Balaban J connectivity index is 1.93. The predicted octanol–water partition coefficient (Wildman–Crippen LogP) is -0.768. The van der Waals surface area contributed by atoms with E-state index in [-0.39, 0.29) is 12.5 Å². The third kappa shape index (κ3) is 4.21. The van der Waals surface area contributed by atoms with Crippen LogP contribution in [0, 0.1) is 5.92 Å². The van der Waals surface area contributed by atoms with Crippen molar-refractivity contribution in [1.82, 2.24) is 10.2 Å². The van der Waals surface area contributed by atoms with Crippen LogP contribution in [0.2, 0.25) is 0 Å². The van der Waals surface area contributed by atoms with Crippen molar-refractivity contribution in [2.75, 3.05) is 46.9 Å². The number of esters is 1. The van der Waals surface area contributed by atoms with Gasteiger partial charge < -0.3 is 19.3 Å². The predicted molar refractivity (Wildman–Crippen MR) is 99.6 cm³/mol. The van der Waals surface area contributed by atoms with Gasteiger partial charge in [0, 0.05) is 0 Å². The van der Waals surface area contributed by atoms with Gasteiger partial charge in [-0.3, -0.25) is 14.9 Å². The van der Waals surface area contributed by atoms with Crippen LogP contribution in [0.1, 0.15) is 18.5 Å². The minimum Gasteiger partial charge on any atom is -0.497 e. The van der Waals surface area contributed by atoms with E-state index in [1.807, 2.05) is 12.1 Å². The van der Waals surface area contributed by atoms with Gasteiger partial charge >= 0.3 is 5.97 Å². The van der Waals surface area contributed by atoms with Gasteiger partial charge in [0.1, 0.15) is 11.8 Å². The van der Waals surface area contributed by atoms with Gasteiger partial charge in [0.2, 0.25) is 11.9 Å². The Morgan fingerprint density at radius 1 is 1.30 bits per heavy atom. The highest BCUT2D eigenvalue weighted by Crippen LogP contribution is 2.31. The molecule has 0 bridgehead atoms. The van der Waals surface area contributed by atoms with Crippen LogP contribution >= 0.6 is 0 Å². The van der Waals surface area contributed by atoms with Gasteiger partial charge in [-0.05, 0) is 24.6 Å². The molecule has 1 aromatic carbocycles. The second kappa shape index (κ2) is 8.39. The Bertz CT molecular complexity index is 711. The Labute approximate surface area is 159 Å². The van der Waals surface area contributed by atoms with Crippen LogP contribution in [-0.4, -0.2) is 69.7 Å². The lowest BCUT2D eigenvalue weighted by Gasteiger charge is -2.36. The van der Waals surface area contributed by atoms with E-state index < -0.39 is 17.9 Å². The molecule has 1 amide bonds. The summed E-state index contributed by atoms with van der Waals surface area (Å²) >= 11 is 0. The highest BCUT2D eigenvalue weighted by molar-refractivity contribution is 6.08. The van der Waals surface area contributed by atoms with Gasteiger partial charge in [0.05, 0.1) is 46.9 Å². The molecular formula is C19H27N4O4+. The first-order chi connectivity index (χ1) is 13.0. The molecule has 0 radical (unpaired) electrons. The fourth-order valence-electron chi connectivity index (χ4n) is 3.37. The van der Waals surface area contributed by atoms with Crippen molar-refractivity contribution < 1.29 is 24.0 Å². The van der Waals surface area contributed by atoms with Crippen molar-refractivity contribution >= 4 is 17.8 Å². The fraction of sp³-hybridized carbons (Fsp3) is 0.526. The molecule has 146 valence electrons. The summed E-state index contributed by atoms with van der Waals surface area (Å²) in [6, 6.07) is 6.66. The number of hydrogen-bond acceptors (Lipinski definition) is 6. The summed E-state index contributed by atoms with van der Waals surface area (Å²) in [5.74, 6) is -0.682. The minimum atomic E-state index is -1.000. The Morgan fingerprint density at radius 3 is 2.56 bits per heavy atom. The van der Waals surface area contributed by atoms with Crippen LogP contribution in [0.3, 0.4) is 0 Å². The van der Waals surface area contributed by atoms with Crippen molar-refractivity contribution in [3.8, 4) is 5.75 Å². The normalized spacial score (nSPS) is 23.4. The average molecular weight is 375 g/mol. The minimum absolute atomic E-state index is 0.218. The van der Waals surface area contributed by atoms with E-state index in [2.05, 4.69) is 17.3 Å². The number of amides is 1. The molecule has 1 aromatic rings. The van der Waals surface area contributed by atoms with Gasteiger partial charge in [-0.15, -0.1) is 0 Å². The van der Waals surface area contributed by atoms with Crippen LogP contribution < -0.4 is 15.0 Å². The topological polar surface area (TPSA) is 84.7 Å². The molecule has 0 spiro atoms. The zero-order valence-electron chi connectivity index (χ0n) is 16.0. The first-order valence-electron chi connectivity index (χ1n) is 9.29. The molecule has 0 aliphatic carbocycles. The van der Waals surface area contributed by atoms with Crippen LogP contribution in [0.25, 0.3) is 0 Å². The summed E-state index contributed by atoms with van der Waals surface area (Å²) in [5.41, 5.74) is 0.779. The second-order valence-electron chi connectivity index (χ2n) is 6.83. The maximum atomic E-state index is 12.8. The molecule has 2 aliphatic rings. The number of nitrogens with zero attached hydrogens (tertiary/aromatic N) is 2. The lowest BCUT2D eigenvalue weighted by molar-refractivity contribution is -0.883. The number of carbonyl (C=O) groups excluding carboxylic acids is 2. The van der Waals surface area contributed by atoms with E-state index in [0.717, 1.165) is 31.7 Å². The third-order valence-electron chi connectivity index (χ3n) is 5.01. The summed E-state index contributed by atoms with van der Waals surface area (Å²) in [4.78, 5) is 33.5. The van der Waals surface area contributed by atoms with Gasteiger partial charge in [-0.25, -0.2) is 4.99 Å². The second-order valence-corrected chi connectivity index (χ2v) is 6.83. The van der Waals surface area contributed by atoms with Crippen LogP contribution in [0.4, 0.5) is 0 Å². The van der Waals surface area contributed by atoms with Crippen LogP contribution in [0.5, 0.6) is 5.75 Å². The number of piperazine rings is 1. The number of aliphatic imine (C=N–C) groups is 1. The summed E-state index contributed by atoms with van der Waals surface area (Å²) in [7, 11) is 3.74. The van der Waals surface area contributed by atoms with Crippen LogP contribution in [0.15, 0.2) is 29.3 Å². The number of nitrogens with one attached hydrogen (secondary N) is 2. The number of likely N-dealkylation sites (N-methyl/N-ethyl adjacent to an activating group) is 1. The standard InChI is InChI=1S/C19H26N4O4/c1-4-27-18(25)15-16(13-5-7-14(26-3)8-6-13)20-19(21-17(15)24)23-11-9-22(2)10-12-23/h5-8,15-16H,4,9-12H2,1-3H3,(H,20,21,24)/p+1/t15-,16+/m0/s1. The maximum absolute atomic E-state index is 12.8. The SMILES string of the molecule is CCOC(=O)[C@@H]1C(=O)NC(N2CC[NH+](C)CC2)=N[C@@H]1c1ccc(OC)cc1. The number of rotatable bonds is 4. The highest BCUT2D eigenvalue weighted by Gasteiger charge is 2.42. The molecule has 8 heteroatoms. The molecule has 2 N–H and O–H groups in total. The summed E-state index contributed by atoms with van der Waals surface area (Å²) < 4.78 is 10.3. The number of methoxy groups -OCH3 is 1. The molecule has 1 saturated heterocycles. The highest BCUT2D eigenvalue weighted by atomic mass is 16.5. The van der Waals surface area contributed by atoms with E-state index in [9.17, 15) is 9.59 Å². The number of ether oxygens (including phenoxy) is 2.